The summed E-state index contributed by atoms with van der Waals surface area (Å²) in [6.45, 7) is 3.05. The van der Waals surface area contributed by atoms with Crippen molar-refractivity contribution < 1.29 is 23.9 Å². The van der Waals surface area contributed by atoms with E-state index in [0.717, 1.165) is 21.9 Å². The zero-order valence-electron chi connectivity index (χ0n) is 18.4. The number of fused-ring (bicyclic) bond motifs is 1. The van der Waals surface area contributed by atoms with Gasteiger partial charge in [-0.1, -0.05) is 36.4 Å². The van der Waals surface area contributed by atoms with Crippen LogP contribution in [0.4, 0.5) is 5.69 Å². The molecule has 3 amide bonds. The fourth-order valence-electron chi connectivity index (χ4n) is 3.18. The first-order valence-corrected chi connectivity index (χ1v) is 10.1. The van der Waals surface area contributed by atoms with Crippen molar-refractivity contribution in [3.63, 3.8) is 0 Å². The van der Waals surface area contributed by atoms with Crippen LogP contribution in [0.15, 0.2) is 66.7 Å². The van der Waals surface area contributed by atoms with Crippen LogP contribution in [0.3, 0.4) is 0 Å². The first-order chi connectivity index (χ1) is 15.8. The quantitative estimate of drug-likeness (QED) is 0.316. The van der Waals surface area contributed by atoms with Gasteiger partial charge in [0.1, 0.15) is 0 Å². The van der Waals surface area contributed by atoms with E-state index in [1.807, 2.05) is 49.4 Å². The number of benzene rings is 3. The van der Waals surface area contributed by atoms with E-state index in [1.165, 1.54) is 38.3 Å². The van der Waals surface area contributed by atoms with Crippen LogP contribution in [0.25, 0.3) is 16.3 Å². The number of rotatable bonds is 5. The van der Waals surface area contributed by atoms with Crippen molar-refractivity contribution in [2.75, 3.05) is 12.4 Å². The highest BCUT2D eigenvalue weighted by Crippen LogP contribution is 2.22. The minimum Gasteiger partial charge on any atom is -0.465 e. The summed E-state index contributed by atoms with van der Waals surface area (Å²) in [7, 11) is 1.22. The fourth-order valence-corrected chi connectivity index (χ4v) is 3.18. The molecule has 8 nitrogen and oxygen atoms in total. The highest BCUT2D eigenvalue weighted by atomic mass is 16.5. The molecule has 33 heavy (non-hydrogen) atoms. The molecular weight excluding hydrogens is 422 g/mol. The van der Waals surface area contributed by atoms with E-state index in [9.17, 15) is 19.2 Å². The number of methoxy groups -OCH3 is 1. The Labute approximate surface area is 190 Å². The lowest BCUT2D eigenvalue weighted by molar-refractivity contribution is -0.119. The second-order valence-corrected chi connectivity index (χ2v) is 7.27. The van der Waals surface area contributed by atoms with Crippen LogP contribution < -0.4 is 16.2 Å². The first-order valence-electron chi connectivity index (χ1n) is 10.1. The van der Waals surface area contributed by atoms with E-state index in [2.05, 4.69) is 16.2 Å². The number of anilines is 1. The standard InChI is InChI=1S/C25H23N3O5/c1-15(18-9-8-17-6-4-5-7-19(17)13-18)12-23(30)26-22-14-20(24(31)28-27-16(2)29)10-11-21(22)25(32)33-3/h4-14H,1-3H3,(H,26,30)(H,27,29)(H,28,31). The summed E-state index contributed by atoms with van der Waals surface area (Å²) in [6.07, 6.45) is 1.41. The average Bonchev–Trinajstić information content (AvgIpc) is 2.81. The van der Waals surface area contributed by atoms with Gasteiger partial charge in [-0.3, -0.25) is 25.2 Å². The number of amides is 3. The molecule has 3 aromatic rings. The van der Waals surface area contributed by atoms with Gasteiger partial charge in [0.2, 0.25) is 11.8 Å². The van der Waals surface area contributed by atoms with E-state index in [0.29, 0.717) is 0 Å². The first kappa shape index (κ1) is 23.2. The summed E-state index contributed by atoms with van der Waals surface area (Å²) in [5.41, 5.74) is 6.32. The van der Waals surface area contributed by atoms with Gasteiger partial charge in [0.25, 0.3) is 5.91 Å². The van der Waals surface area contributed by atoms with Gasteiger partial charge in [0.05, 0.1) is 18.4 Å². The molecular formula is C25H23N3O5. The predicted octanol–water partition coefficient (Wildman–Crippen LogP) is 3.45. The van der Waals surface area contributed by atoms with Crippen LogP contribution in [0.5, 0.6) is 0 Å². The van der Waals surface area contributed by atoms with E-state index < -0.39 is 23.7 Å². The van der Waals surface area contributed by atoms with Crippen molar-refractivity contribution in [1.29, 1.82) is 0 Å². The molecule has 0 saturated carbocycles. The molecule has 8 heteroatoms. The maximum atomic E-state index is 12.7. The number of hydrogen-bond acceptors (Lipinski definition) is 5. The van der Waals surface area contributed by atoms with Crippen LogP contribution in [0.1, 0.15) is 40.1 Å². The lowest BCUT2D eigenvalue weighted by atomic mass is 10.0. The van der Waals surface area contributed by atoms with Crippen LogP contribution in [-0.2, 0) is 14.3 Å². The van der Waals surface area contributed by atoms with Crippen molar-refractivity contribution in [3.8, 4) is 0 Å². The summed E-state index contributed by atoms with van der Waals surface area (Å²) in [6, 6.07) is 17.9. The summed E-state index contributed by atoms with van der Waals surface area (Å²) in [5.74, 6) is -2.21. The molecule has 3 rings (SSSR count). The number of esters is 1. The van der Waals surface area contributed by atoms with Crippen molar-refractivity contribution in [3.05, 3.63) is 83.4 Å². The Morgan fingerprint density at radius 2 is 1.52 bits per heavy atom. The topological polar surface area (TPSA) is 114 Å². The Morgan fingerprint density at radius 3 is 2.21 bits per heavy atom. The average molecular weight is 445 g/mol. The van der Waals surface area contributed by atoms with Gasteiger partial charge >= 0.3 is 5.97 Å². The molecule has 0 heterocycles. The van der Waals surface area contributed by atoms with Crippen molar-refractivity contribution >= 4 is 45.7 Å². The molecule has 0 fully saturated rings. The van der Waals surface area contributed by atoms with Gasteiger partial charge in [-0.05, 0) is 53.1 Å². The summed E-state index contributed by atoms with van der Waals surface area (Å²) >= 11 is 0. The lowest BCUT2D eigenvalue weighted by Gasteiger charge is -2.12. The third kappa shape index (κ3) is 5.82. The number of carbonyl (C=O) groups excluding carboxylic acids is 4. The van der Waals surface area contributed by atoms with Gasteiger partial charge in [-0.2, -0.15) is 0 Å². The van der Waals surface area contributed by atoms with Gasteiger partial charge in [0, 0.05) is 18.6 Å². The fraction of sp³-hybridized carbons (Fsp3) is 0.120. The lowest BCUT2D eigenvalue weighted by Crippen LogP contribution is -2.40. The Kier molecular flexibility index (Phi) is 7.20. The van der Waals surface area contributed by atoms with Gasteiger partial charge < -0.3 is 10.1 Å². The Bertz CT molecular complexity index is 1280. The minimum atomic E-state index is -0.672. The molecule has 3 aromatic carbocycles. The summed E-state index contributed by atoms with van der Waals surface area (Å²) in [4.78, 5) is 48.1. The molecule has 0 spiro atoms. The maximum Gasteiger partial charge on any atom is 0.339 e. The molecule has 0 aliphatic heterocycles. The van der Waals surface area contributed by atoms with Crippen molar-refractivity contribution in [2.24, 2.45) is 0 Å². The number of nitrogens with one attached hydrogen (secondary N) is 3. The molecule has 0 unspecified atom stereocenters. The molecule has 0 bridgehead atoms. The second-order valence-electron chi connectivity index (χ2n) is 7.27. The Morgan fingerprint density at radius 1 is 0.818 bits per heavy atom. The van der Waals surface area contributed by atoms with Crippen LogP contribution in [0.2, 0.25) is 0 Å². The van der Waals surface area contributed by atoms with Crippen molar-refractivity contribution in [2.45, 2.75) is 13.8 Å². The maximum absolute atomic E-state index is 12.7. The van der Waals surface area contributed by atoms with Crippen LogP contribution >= 0.6 is 0 Å². The Balaban J connectivity index is 1.86. The van der Waals surface area contributed by atoms with Crippen LogP contribution in [-0.4, -0.2) is 30.8 Å². The van der Waals surface area contributed by atoms with Crippen molar-refractivity contribution in [1.82, 2.24) is 10.9 Å². The van der Waals surface area contributed by atoms with Gasteiger partial charge in [-0.25, -0.2) is 4.79 Å². The second kappa shape index (κ2) is 10.2. The molecule has 0 aliphatic carbocycles. The highest BCUT2D eigenvalue weighted by Gasteiger charge is 2.17. The third-order valence-corrected chi connectivity index (χ3v) is 4.85. The normalized spacial score (nSPS) is 10.9. The monoisotopic (exact) mass is 445 g/mol. The number of allylic oxidation sites excluding steroid dienone is 1. The molecule has 0 atom stereocenters. The largest absolute Gasteiger partial charge is 0.465 e. The van der Waals surface area contributed by atoms with E-state index in [-0.39, 0.29) is 16.8 Å². The minimum absolute atomic E-state index is 0.0821. The molecule has 0 radical (unpaired) electrons. The molecule has 3 N–H and O–H groups in total. The third-order valence-electron chi connectivity index (χ3n) is 4.85. The number of ether oxygens (including phenoxy) is 1. The van der Waals surface area contributed by atoms with Gasteiger partial charge in [-0.15, -0.1) is 0 Å². The molecule has 0 aromatic heterocycles. The predicted molar refractivity (Wildman–Crippen MR) is 125 cm³/mol. The van der Waals surface area contributed by atoms with Gasteiger partial charge in [0.15, 0.2) is 0 Å². The van der Waals surface area contributed by atoms with E-state index >= 15 is 0 Å². The number of carbonyl (C=O) groups is 4. The summed E-state index contributed by atoms with van der Waals surface area (Å²) in [5, 5.41) is 4.78. The highest BCUT2D eigenvalue weighted by molar-refractivity contribution is 6.09. The van der Waals surface area contributed by atoms with Crippen LogP contribution in [0, 0.1) is 0 Å². The smallest absolute Gasteiger partial charge is 0.339 e. The van der Waals surface area contributed by atoms with E-state index in [4.69, 9.17) is 4.74 Å². The summed E-state index contributed by atoms with van der Waals surface area (Å²) < 4.78 is 4.77. The SMILES string of the molecule is COC(=O)c1ccc(C(=O)NNC(C)=O)cc1NC(=O)C=C(C)c1ccc2ccccc2c1. The number of hydrazine groups is 1. The Hall–Kier alpha value is -4.46. The van der Waals surface area contributed by atoms with E-state index in [1.54, 1.807) is 0 Å². The zero-order valence-corrected chi connectivity index (χ0v) is 18.4. The molecule has 0 aliphatic rings. The zero-order chi connectivity index (χ0) is 24.0. The molecule has 168 valence electrons. The molecule has 0 saturated heterocycles. The number of hydrogen-bond donors (Lipinski definition) is 3.